The molecule has 0 N–H and O–H groups in total. The zero-order valence-electron chi connectivity index (χ0n) is 7.22. The summed E-state index contributed by atoms with van der Waals surface area (Å²) >= 11 is 0. The Morgan fingerprint density at radius 2 is 1.80 bits per heavy atom. The molecule has 0 aromatic carbocycles. The number of hydrogen-bond acceptors (Lipinski definition) is 3. The molecular weight excluding hydrogens is 128 g/mol. The minimum atomic E-state index is 0.212. The van der Waals surface area contributed by atoms with Crippen molar-refractivity contribution in [3.05, 3.63) is 0 Å². The largest absolute Gasteiger partial charge is 0.299 e. The van der Waals surface area contributed by atoms with E-state index in [1.165, 1.54) is 0 Å². The number of carbonyl (C=O) groups excluding carboxylic acids is 1. The lowest BCUT2D eigenvalue weighted by Gasteiger charge is -2.19. The van der Waals surface area contributed by atoms with Crippen LogP contribution in [0, 0.1) is 0 Å². The monoisotopic (exact) mass is 144 g/mol. The van der Waals surface area contributed by atoms with Crippen LogP contribution >= 0.6 is 0 Å². The second kappa shape index (κ2) is 4.41. The molecule has 0 bridgehead atoms. The Bertz CT molecular complexity index is 112. The lowest BCUT2D eigenvalue weighted by atomic mass is 10.4. The maximum atomic E-state index is 10.6. The third-order valence-corrected chi connectivity index (χ3v) is 1.02. The summed E-state index contributed by atoms with van der Waals surface area (Å²) in [6, 6.07) is 0. The first-order chi connectivity index (χ1) is 4.52. The molecular formula is C7H16N2O. The molecule has 0 radical (unpaired) electrons. The average molecular weight is 144 g/mol. The number of hydrogen-bond donors (Lipinski definition) is 0. The summed E-state index contributed by atoms with van der Waals surface area (Å²) in [7, 11) is 5.90. The van der Waals surface area contributed by atoms with E-state index in [1.54, 1.807) is 6.92 Å². The normalized spacial score (nSPS) is 11.0. The van der Waals surface area contributed by atoms with Gasteiger partial charge in [-0.2, -0.15) is 0 Å². The highest BCUT2D eigenvalue weighted by Gasteiger charge is 2.00. The van der Waals surface area contributed by atoms with Crippen LogP contribution in [0.15, 0.2) is 0 Å². The number of likely N-dealkylation sites (N-methyl/N-ethyl adjacent to an activating group) is 1. The maximum absolute atomic E-state index is 10.6. The molecule has 3 heteroatoms. The molecule has 60 valence electrons. The van der Waals surface area contributed by atoms with Crippen LogP contribution in [0.1, 0.15) is 6.92 Å². The second-order valence-electron chi connectivity index (χ2n) is 2.94. The Balaban J connectivity index is 3.43. The first-order valence-electron chi connectivity index (χ1n) is 3.35. The van der Waals surface area contributed by atoms with Crippen LogP contribution in [0.3, 0.4) is 0 Å². The standard InChI is InChI=1S/C7H16N2O/c1-7(10)5-9(4)6-8(2)3/h5-6H2,1-4H3. The fraction of sp³-hybridized carbons (Fsp3) is 0.857. The Hall–Kier alpha value is -0.410. The molecule has 0 aliphatic rings. The minimum Gasteiger partial charge on any atom is -0.299 e. The Morgan fingerprint density at radius 1 is 1.30 bits per heavy atom. The average Bonchev–Trinajstić information content (AvgIpc) is 1.58. The number of Topliss-reactive ketones (excluding diaryl/α,β-unsaturated/α-hetero) is 1. The molecule has 0 amide bonds. The highest BCUT2D eigenvalue weighted by Crippen LogP contribution is 1.84. The van der Waals surface area contributed by atoms with Gasteiger partial charge in [-0.05, 0) is 28.1 Å². The third-order valence-electron chi connectivity index (χ3n) is 1.02. The Labute approximate surface area is 62.6 Å². The molecule has 0 spiro atoms. The predicted molar refractivity (Wildman–Crippen MR) is 41.9 cm³/mol. The maximum Gasteiger partial charge on any atom is 0.143 e. The van der Waals surface area contributed by atoms with Crippen molar-refractivity contribution >= 4 is 5.78 Å². The zero-order valence-corrected chi connectivity index (χ0v) is 7.22. The van der Waals surface area contributed by atoms with E-state index >= 15 is 0 Å². The van der Waals surface area contributed by atoms with Gasteiger partial charge in [0.15, 0.2) is 0 Å². The van der Waals surface area contributed by atoms with Crippen LogP contribution in [0.5, 0.6) is 0 Å². The van der Waals surface area contributed by atoms with Crippen molar-refractivity contribution in [2.24, 2.45) is 0 Å². The highest BCUT2D eigenvalue weighted by atomic mass is 16.1. The minimum absolute atomic E-state index is 0.212. The molecule has 0 atom stereocenters. The van der Waals surface area contributed by atoms with Crippen LogP contribution in [0.2, 0.25) is 0 Å². The van der Waals surface area contributed by atoms with Gasteiger partial charge in [0.25, 0.3) is 0 Å². The molecule has 0 unspecified atom stereocenters. The molecule has 0 aromatic rings. The summed E-state index contributed by atoms with van der Waals surface area (Å²) in [5.41, 5.74) is 0. The van der Waals surface area contributed by atoms with Crippen molar-refractivity contribution in [1.82, 2.24) is 9.80 Å². The molecule has 0 saturated heterocycles. The summed E-state index contributed by atoms with van der Waals surface area (Å²) in [6.07, 6.45) is 0. The van der Waals surface area contributed by atoms with Crippen LogP contribution in [0.4, 0.5) is 0 Å². The van der Waals surface area contributed by atoms with E-state index in [-0.39, 0.29) is 5.78 Å². The summed E-state index contributed by atoms with van der Waals surface area (Å²) in [6.45, 7) is 2.98. The Kier molecular flexibility index (Phi) is 4.23. The third kappa shape index (κ3) is 5.72. The van der Waals surface area contributed by atoms with E-state index in [4.69, 9.17) is 0 Å². The van der Waals surface area contributed by atoms with Gasteiger partial charge in [-0.15, -0.1) is 0 Å². The Morgan fingerprint density at radius 3 is 2.10 bits per heavy atom. The molecule has 0 aliphatic carbocycles. The molecule has 0 aromatic heterocycles. The second-order valence-corrected chi connectivity index (χ2v) is 2.94. The van der Waals surface area contributed by atoms with Gasteiger partial charge in [-0.3, -0.25) is 14.6 Å². The van der Waals surface area contributed by atoms with Crippen molar-refractivity contribution in [1.29, 1.82) is 0 Å². The van der Waals surface area contributed by atoms with Crippen LogP contribution < -0.4 is 0 Å². The number of ketones is 1. The van der Waals surface area contributed by atoms with E-state index in [1.807, 2.05) is 30.9 Å². The van der Waals surface area contributed by atoms with E-state index < -0.39 is 0 Å². The fourth-order valence-corrected chi connectivity index (χ4v) is 0.913. The smallest absolute Gasteiger partial charge is 0.143 e. The van der Waals surface area contributed by atoms with E-state index in [0.29, 0.717) is 6.54 Å². The molecule has 0 heterocycles. The first-order valence-corrected chi connectivity index (χ1v) is 3.35. The number of rotatable bonds is 4. The van der Waals surface area contributed by atoms with Crippen molar-refractivity contribution in [2.75, 3.05) is 34.4 Å². The van der Waals surface area contributed by atoms with Gasteiger partial charge in [0, 0.05) is 0 Å². The summed E-state index contributed by atoms with van der Waals surface area (Å²) in [4.78, 5) is 14.6. The molecule has 0 saturated carbocycles. The van der Waals surface area contributed by atoms with E-state index in [9.17, 15) is 4.79 Å². The van der Waals surface area contributed by atoms with Gasteiger partial charge < -0.3 is 0 Å². The predicted octanol–water partition coefficient (Wildman–Crippen LogP) is 0.0263. The molecule has 0 fully saturated rings. The first kappa shape index (κ1) is 9.59. The lowest BCUT2D eigenvalue weighted by Crippen LogP contribution is -2.33. The van der Waals surface area contributed by atoms with Crippen molar-refractivity contribution in [2.45, 2.75) is 6.92 Å². The van der Waals surface area contributed by atoms with Crippen LogP contribution in [0.25, 0.3) is 0 Å². The quantitative estimate of drug-likeness (QED) is 0.520. The van der Waals surface area contributed by atoms with Gasteiger partial charge in [0.05, 0.1) is 13.2 Å². The fourth-order valence-electron chi connectivity index (χ4n) is 0.913. The van der Waals surface area contributed by atoms with Crippen molar-refractivity contribution in [3.63, 3.8) is 0 Å². The molecule has 10 heavy (non-hydrogen) atoms. The SMILES string of the molecule is CC(=O)CN(C)CN(C)C. The number of carbonyl (C=O) groups is 1. The molecule has 3 nitrogen and oxygen atoms in total. The van der Waals surface area contributed by atoms with Gasteiger partial charge in [0.1, 0.15) is 5.78 Å². The van der Waals surface area contributed by atoms with E-state index in [0.717, 1.165) is 6.67 Å². The van der Waals surface area contributed by atoms with Gasteiger partial charge in [-0.1, -0.05) is 0 Å². The summed E-state index contributed by atoms with van der Waals surface area (Å²) in [5.74, 6) is 0.212. The van der Waals surface area contributed by atoms with Crippen molar-refractivity contribution in [3.8, 4) is 0 Å². The van der Waals surface area contributed by atoms with Gasteiger partial charge >= 0.3 is 0 Å². The van der Waals surface area contributed by atoms with E-state index in [2.05, 4.69) is 0 Å². The number of nitrogens with zero attached hydrogens (tertiary/aromatic N) is 2. The molecule has 0 aliphatic heterocycles. The van der Waals surface area contributed by atoms with Gasteiger partial charge in [-0.25, -0.2) is 0 Å². The lowest BCUT2D eigenvalue weighted by molar-refractivity contribution is -0.118. The topological polar surface area (TPSA) is 23.6 Å². The summed E-state index contributed by atoms with van der Waals surface area (Å²) < 4.78 is 0. The summed E-state index contributed by atoms with van der Waals surface area (Å²) in [5, 5.41) is 0. The zero-order chi connectivity index (χ0) is 8.15. The van der Waals surface area contributed by atoms with Crippen LogP contribution in [-0.2, 0) is 4.79 Å². The van der Waals surface area contributed by atoms with Crippen molar-refractivity contribution < 1.29 is 4.79 Å². The molecule has 0 rings (SSSR count). The van der Waals surface area contributed by atoms with Gasteiger partial charge in [0.2, 0.25) is 0 Å². The highest BCUT2D eigenvalue weighted by molar-refractivity contribution is 5.77. The van der Waals surface area contributed by atoms with Crippen LogP contribution in [-0.4, -0.2) is 49.9 Å².